The molecule has 1 saturated carbocycles. The minimum atomic E-state index is 0.0900. The van der Waals surface area contributed by atoms with Gasteiger partial charge >= 0.3 is 0 Å². The zero-order valence-corrected chi connectivity index (χ0v) is 10.9. The zero-order chi connectivity index (χ0) is 12.7. The predicted molar refractivity (Wildman–Crippen MR) is 67.7 cm³/mol. The molecule has 0 aromatic heterocycles. The van der Waals surface area contributed by atoms with Gasteiger partial charge in [0, 0.05) is 32.8 Å². The molecule has 100 valence electrons. The van der Waals surface area contributed by atoms with E-state index >= 15 is 0 Å². The lowest BCUT2D eigenvalue weighted by Gasteiger charge is -2.35. The molecular weight excluding hydrogens is 218 g/mol. The average molecular weight is 243 g/mol. The highest BCUT2D eigenvalue weighted by atomic mass is 16.5. The monoisotopic (exact) mass is 243 g/mol. The Morgan fingerprint density at radius 2 is 2.24 bits per heavy atom. The van der Waals surface area contributed by atoms with Crippen LogP contribution in [0.3, 0.4) is 0 Å². The molecule has 1 aliphatic carbocycles. The van der Waals surface area contributed by atoms with Crippen LogP contribution in [0.25, 0.3) is 0 Å². The van der Waals surface area contributed by atoms with Gasteiger partial charge in [0.05, 0.1) is 6.54 Å². The van der Waals surface area contributed by atoms with E-state index in [0.717, 1.165) is 25.8 Å². The van der Waals surface area contributed by atoms with Gasteiger partial charge in [0.15, 0.2) is 0 Å². The lowest BCUT2D eigenvalue weighted by atomic mass is 9.81. The number of nitrogens with zero attached hydrogens (tertiary/aromatic N) is 1. The summed E-state index contributed by atoms with van der Waals surface area (Å²) in [7, 11) is 3.65. The molecular formula is C12H25N3O2. The molecule has 0 aromatic carbocycles. The smallest absolute Gasteiger partial charge is 0.234 e. The van der Waals surface area contributed by atoms with Gasteiger partial charge < -0.3 is 15.8 Å². The molecule has 0 aromatic rings. The summed E-state index contributed by atoms with van der Waals surface area (Å²) in [5, 5.41) is 2.88. The largest absolute Gasteiger partial charge is 0.385 e. The fraction of sp³-hybridized carbons (Fsp3) is 0.917. The molecule has 0 saturated heterocycles. The molecule has 1 amide bonds. The van der Waals surface area contributed by atoms with Crippen molar-refractivity contribution in [3.8, 4) is 0 Å². The molecule has 1 aliphatic rings. The van der Waals surface area contributed by atoms with Gasteiger partial charge in [-0.3, -0.25) is 9.69 Å². The minimum absolute atomic E-state index is 0.0900. The topological polar surface area (TPSA) is 67.6 Å². The van der Waals surface area contributed by atoms with E-state index in [-0.39, 0.29) is 5.91 Å². The van der Waals surface area contributed by atoms with Crippen LogP contribution in [0.2, 0.25) is 0 Å². The van der Waals surface area contributed by atoms with Crippen LogP contribution >= 0.6 is 0 Å². The number of carbonyl (C=O) groups is 1. The molecule has 1 rings (SSSR count). The van der Waals surface area contributed by atoms with Crippen LogP contribution in [0.15, 0.2) is 0 Å². The summed E-state index contributed by atoms with van der Waals surface area (Å²) in [6.07, 6.45) is 3.06. The normalized spacial score (nSPS) is 23.5. The summed E-state index contributed by atoms with van der Waals surface area (Å²) >= 11 is 0. The Balaban J connectivity index is 2.00. The maximum Gasteiger partial charge on any atom is 0.234 e. The Hall–Kier alpha value is -0.650. The summed E-state index contributed by atoms with van der Waals surface area (Å²) in [6.45, 7) is 2.82. The molecule has 3 N–H and O–H groups in total. The van der Waals surface area contributed by atoms with Gasteiger partial charge in [-0.25, -0.2) is 0 Å². The van der Waals surface area contributed by atoms with Crippen LogP contribution < -0.4 is 11.1 Å². The molecule has 17 heavy (non-hydrogen) atoms. The molecule has 0 heterocycles. The van der Waals surface area contributed by atoms with Crippen LogP contribution in [0.1, 0.15) is 19.3 Å². The summed E-state index contributed by atoms with van der Waals surface area (Å²) in [4.78, 5) is 13.6. The maximum atomic E-state index is 11.6. The van der Waals surface area contributed by atoms with E-state index in [1.54, 1.807) is 7.11 Å². The first kappa shape index (κ1) is 14.4. The number of likely N-dealkylation sites (N-methyl/N-ethyl adjacent to an activating group) is 1. The Bertz CT molecular complexity index is 230. The van der Waals surface area contributed by atoms with Crippen LogP contribution in [0.4, 0.5) is 0 Å². The number of amides is 1. The highest BCUT2D eigenvalue weighted by Crippen LogP contribution is 2.25. The third kappa shape index (κ3) is 6.00. The van der Waals surface area contributed by atoms with Crippen molar-refractivity contribution in [2.75, 3.05) is 40.4 Å². The van der Waals surface area contributed by atoms with Crippen molar-refractivity contribution in [2.24, 2.45) is 11.7 Å². The quantitative estimate of drug-likeness (QED) is 0.580. The lowest BCUT2D eigenvalue weighted by Crippen LogP contribution is -2.44. The van der Waals surface area contributed by atoms with E-state index in [1.165, 1.54) is 0 Å². The highest BCUT2D eigenvalue weighted by molar-refractivity contribution is 5.77. The van der Waals surface area contributed by atoms with Crippen LogP contribution in [0.5, 0.6) is 0 Å². The Labute approximate surface area is 104 Å². The number of hydrogen-bond acceptors (Lipinski definition) is 4. The molecule has 0 aliphatic heterocycles. The van der Waals surface area contributed by atoms with Crippen molar-refractivity contribution in [3.63, 3.8) is 0 Å². The standard InChI is InChI=1S/C12H25N3O2/c1-15(8-10-6-11(13)7-10)9-12(16)14-4-3-5-17-2/h10-11H,3-9,13H2,1-2H3,(H,14,16). The van der Waals surface area contributed by atoms with Gasteiger partial charge in [0.25, 0.3) is 0 Å². The first-order valence-corrected chi connectivity index (χ1v) is 6.31. The molecule has 5 heteroatoms. The van der Waals surface area contributed by atoms with Crippen molar-refractivity contribution < 1.29 is 9.53 Å². The Kier molecular flexibility index (Phi) is 6.47. The molecule has 0 bridgehead atoms. The van der Waals surface area contributed by atoms with Crippen molar-refractivity contribution in [2.45, 2.75) is 25.3 Å². The third-order valence-electron chi connectivity index (χ3n) is 3.10. The zero-order valence-electron chi connectivity index (χ0n) is 10.9. The highest BCUT2D eigenvalue weighted by Gasteiger charge is 2.26. The molecule has 0 radical (unpaired) electrons. The summed E-state index contributed by atoms with van der Waals surface area (Å²) < 4.78 is 4.92. The van der Waals surface area contributed by atoms with E-state index in [9.17, 15) is 4.79 Å². The van der Waals surface area contributed by atoms with E-state index in [1.807, 2.05) is 7.05 Å². The van der Waals surface area contributed by atoms with E-state index < -0.39 is 0 Å². The molecule has 1 fully saturated rings. The SMILES string of the molecule is COCCCNC(=O)CN(C)CC1CC(N)C1. The predicted octanol–water partition coefficient (Wildman–Crippen LogP) is -0.192. The Morgan fingerprint density at radius 3 is 2.82 bits per heavy atom. The van der Waals surface area contributed by atoms with Gasteiger partial charge in [-0.2, -0.15) is 0 Å². The number of nitrogens with two attached hydrogens (primary N) is 1. The summed E-state index contributed by atoms with van der Waals surface area (Å²) in [6, 6.07) is 0.385. The van der Waals surface area contributed by atoms with Crippen LogP contribution in [-0.2, 0) is 9.53 Å². The van der Waals surface area contributed by atoms with Crippen LogP contribution in [-0.4, -0.2) is 57.2 Å². The first-order valence-electron chi connectivity index (χ1n) is 6.31. The van der Waals surface area contributed by atoms with E-state index in [0.29, 0.717) is 31.7 Å². The van der Waals surface area contributed by atoms with E-state index in [4.69, 9.17) is 10.5 Å². The fourth-order valence-corrected chi connectivity index (χ4v) is 2.19. The van der Waals surface area contributed by atoms with Crippen LogP contribution in [0, 0.1) is 5.92 Å². The third-order valence-corrected chi connectivity index (χ3v) is 3.10. The molecule has 0 spiro atoms. The second kappa shape index (κ2) is 7.63. The van der Waals surface area contributed by atoms with Crippen molar-refractivity contribution in [1.29, 1.82) is 0 Å². The number of hydrogen-bond donors (Lipinski definition) is 2. The summed E-state index contributed by atoms with van der Waals surface area (Å²) in [5.41, 5.74) is 5.73. The van der Waals surface area contributed by atoms with Gasteiger partial charge in [0.1, 0.15) is 0 Å². The van der Waals surface area contributed by atoms with Gasteiger partial charge in [-0.15, -0.1) is 0 Å². The summed E-state index contributed by atoms with van der Waals surface area (Å²) in [5.74, 6) is 0.767. The number of nitrogens with one attached hydrogen (secondary N) is 1. The van der Waals surface area contributed by atoms with Gasteiger partial charge in [-0.05, 0) is 32.2 Å². The number of rotatable bonds is 8. The minimum Gasteiger partial charge on any atom is -0.385 e. The fourth-order valence-electron chi connectivity index (χ4n) is 2.19. The second-order valence-corrected chi connectivity index (χ2v) is 4.99. The maximum absolute atomic E-state index is 11.6. The molecule has 0 atom stereocenters. The second-order valence-electron chi connectivity index (χ2n) is 4.99. The van der Waals surface area contributed by atoms with E-state index in [2.05, 4.69) is 10.2 Å². The van der Waals surface area contributed by atoms with Gasteiger partial charge in [-0.1, -0.05) is 0 Å². The number of ether oxygens (including phenoxy) is 1. The van der Waals surface area contributed by atoms with Gasteiger partial charge in [0.2, 0.25) is 5.91 Å². The van der Waals surface area contributed by atoms with Crippen molar-refractivity contribution >= 4 is 5.91 Å². The molecule has 5 nitrogen and oxygen atoms in total. The first-order chi connectivity index (χ1) is 8.11. The number of methoxy groups -OCH3 is 1. The Morgan fingerprint density at radius 1 is 1.53 bits per heavy atom. The molecule has 0 unspecified atom stereocenters. The lowest BCUT2D eigenvalue weighted by molar-refractivity contribution is -0.122. The number of carbonyl (C=O) groups excluding carboxylic acids is 1. The van der Waals surface area contributed by atoms with Crippen molar-refractivity contribution in [3.05, 3.63) is 0 Å². The van der Waals surface area contributed by atoms with Crippen molar-refractivity contribution in [1.82, 2.24) is 10.2 Å². The average Bonchev–Trinajstić information content (AvgIpc) is 2.22.